The van der Waals surface area contributed by atoms with Gasteiger partial charge in [-0.15, -0.1) is 12.4 Å². The molecule has 0 radical (unpaired) electrons. The first-order valence-corrected chi connectivity index (χ1v) is 9.36. The Bertz CT molecular complexity index is 684. The summed E-state index contributed by atoms with van der Waals surface area (Å²) in [5.74, 6) is -0.826. The van der Waals surface area contributed by atoms with Gasteiger partial charge >= 0.3 is 6.61 Å². The molecule has 2 aliphatic rings. The summed E-state index contributed by atoms with van der Waals surface area (Å²) in [6, 6.07) is 5.55. The van der Waals surface area contributed by atoms with Crippen molar-refractivity contribution in [2.75, 3.05) is 6.54 Å². The first-order valence-electron chi connectivity index (χ1n) is 9.36. The van der Waals surface area contributed by atoms with Gasteiger partial charge < -0.3 is 20.7 Å². The second-order valence-corrected chi connectivity index (χ2v) is 7.15. The molecule has 28 heavy (non-hydrogen) atoms. The standard InChI is InChI=1S/C19H25F2N3O3.ClH/c20-19(21)27-16-6-2-1-4-14(16)18(26)24-11-3-5-15(24)17(25)23-13-9-7-12(22)8-10-13;/h1-2,4,6,12-13,15,19H,3,5,7-11,22H2,(H,23,25);1H. The minimum Gasteiger partial charge on any atom is -0.434 e. The van der Waals surface area contributed by atoms with Gasteiger partial charge in [-0.2, -0.15) is 8.78 Å². The molecule has 1 aliphatic carbocycles. The van der Waals surface area contributed by atoms with Crippen LogP contribution in [0.15, 0.2) is 24.3 Å². The van der Waals surface area contributed by atoms with Crippen molar-refractivity contribution in [2.45, 2.75) is 63.3 Å². The molecule has 0 aromatic heterocycles. The van der Waals surface area contributed by atoms with Gasteiger partial charge in [-0.1, -0.05) is 12.1 Å². The fourth-order valence-electron chi connectivity index (χ4n) is 3.84. The lowest BCUT2D eigenvalue weighted by molar-refractivity contribution is -0.125. The Morgan fingerprint density at radius 3 is 2.50 bits per heavy atom. The SMILES string of the molecule is Cl.NC1CCC(NC(=O)C2CCCN2C(=O)c2ccccc2OC(F)F)CC1. The number of likely N-dealkylation sites (tertiary alicyclic amines) is 1. The van der Waals surface area contributed by atoms with Gasteiger partial charge in [-0.25, -0.2) is 0 Å². The van der Waals surface area contributed by atoms with Crippen LogP contribution in [0, 0.1) is 0 Å². The molecule has 1 aliphatic heterocycles. The molecule has 156 valence electrons. The monoisotopic (exact) mass is 417 g/mol. The number of ether oxygens (including phenoxy) is 1. The molecule has 1 saturated carbocycles. The number of amides is 2. The van der Waals surface area contributed by atoms with Crippen LogP contribution in [0.4, 0.5) is 8.78 Å². The Morgan fingerprint density at radius 1 is 1.14 bits per heavy atom. The number of para-hydroxylation sites is 1. The number of halogens is 3. The summed E-state index contributed by atoms with van der Waals surface area (Å²) >= 11 is 0. The van der Waals surface area contributed by atoms with Crippen molar-refractivity contribution in [2.24, 2.45) is 5.73 Å². The molecule has 1 atom stereocenters. The van der Waals surface area contributed by atoms with E-state index in [4.69, 9.17) is 5.73 Å². The summed E-state index contributed by atoms with van der Waals surface area (Å²) in [7, 11) is 0. The average Bonchev–Trinajstić information content (AvgIpc) is 3.13. The highest BCUT2D eigenvalue weighted by molar-refractivity contribution is 6.00. The highest BCUT2D eigenvalue weighted by atomic mass is 35.5. The molecule has 1 saturated heterocycles. The molecular formula is C19H26ClF2N3O3. The number of nitrogens with two attached hydrogens (primary N) is 1. The van der Waals surface area contributed by atoms with Crippen molar-refractivity contribution in [1.82, 2.24) is 10.2 Å². The lowest BCUT2D eigenvalue weighted by Crippen LogP contribution is -2.50. The summed E-state index contributed by atoms with van der Waals surface area (Å²) in [6.07, 6.45) is 4.66. The number of carbonyl (C=O) groups is 2. The van der Waals surface area contributed by atoms with Gasteiger partial charge in [0, 0.05) is 18.6 Å². The van der Waals surface area contributed by atoms with E-state index in [0.29, 0.717) is 19.4 Å². The van der Waals surface area contributed by atoms with Crippen LogP contribution in [0.5, 0.6) is 5.75 Å². The van der Waals surface area contributed by atoms with Gasteiger partial charge in [0.15, 0.2) is 0 Å². The van der Waals surface area contributed by atoms with E-state index in [9.17, 15) is 18.4 Å². The van der Waals surface area contributed by atoms with Gasteiger partial charge in [-0.3, -0.25) is 9.59 Å². The maximum absolute atomic E-state index is 12.9. The number of carbonyl (C=O) groups excluding carboxylic acids is 2. The van der Waals surface area contributed by atoms with Crippen molar-refractivity contribution in [3.63, 3.8) is 0 Å². The summed E-state index contributed by atoms with van der Waals surface area (Å²) in [5, 5.41) is 3.02. The minimum absolute atomic E-state index is 0. The molecule has 1 heterocycles. The fraction of sp³-hybridized carbons (Fsp3) is 0.579. The Morgan fingerprint density at radius 2 is 1.82 bits per heavy atom. The lowest BCUT2D eigenvalue weighted by Gasteiger charge is -2.30. The summed E-state index contributed by atoms with van der Waals surface area (Å²) in [4.78, 5) is 27.1. The van der Waals surface area contributed by atoms with Crippen LogP contribution in [0.1, 0.15) is 48.9 Å². The van der Waals surface area contributed by atoms with Crippen LogP contribution in [0.2, 0.25) is 0 Å². The zero-order valence-corrected chi connectivity index (χ0v) is 16.3. The largest absolute Gasteiger partial charge is 0.434 e. The number of nitrogens with zero attached hydrogens (tertiary/aromatic N) is 1. The van der Waals surface area contributed by atoms with E-state index in [2.05, 4.69) is 10.1 Å². The predicted molar refractivity (Wildman–Crippen MR) is 103 cm³/mol. The van der Waals surface area contributed by atoms with Crippen LogP contribution in [0.3, 0.4) is 0 Å². The van der Waals surface area contributed by atoms with E-state index >= 15 is 0 Å². The Balaban J connectivity index is 0.00000280. The molecule has 1 aromatic rings. The molecule has 3 rings (SSSR count). The third kappa shape index (κ3) is 5.32. The highest BCUT2D eigenvalue weighted by Gasteiger charge is 2.36. The average molecular weight is 418 g/mol. The maximum Gasteiger partial charge on any atom is 0.387 e. The molecule has 0 spiro atoms. The van der Waals surface area contributed by atoms with Crippen LogP contribution < -0.4 is 15.8 Å². The van der Waals surface area contributed by atoms with Crippen molar-refractivity contribution in [3.05, 3.63) is 29.8 Å². The predicted octanol–water partition coefficient (Wildman–Crippen LogP) is 2.70. The van der Waals surface area contributed by atoms with Crippen LogP contribution in [-0.4, -0.2) is 48.0 Å². The first kappa shape index (κ1) is 22.4. The topological polar surface area (TPSA) is 84.7 Å². The summed E-state index contributed by atoms with van der Waals surface area (Å²) in [6.45, 7) is -2.61. The van der Waals surface area contributed by atoms with Crippen molar-refractivity contribution in [1.29, 1.82) is 0 Å². The molecule has 2 amide bonds. The van der Waals surface area contributed by atoms with Gasteiger partial charge in [0.25, 0.3) is 5.91 Å². The number of alkyl halides is 2. The van der Waals surface area contributed by atoms with E-state index in [1.807, 2.05) is 0 Å². The zero-order valence-electron chi connectivity index (χ0n) is 15.5. The van der Waals surface area contributed by atoms with E-state index in [0.717, 1.165) is 25.7 Å². The summed E-state index contributed by atoms with van der Waals surface area (Å²) in [5.41, 5.74) is 5.94. The molecular weight excluding hydrogens is 392 g/mol. The number of rotatable bonds is 5. The van der Waals surface area contributed by atoms with E-state index in [-0.39, 0.29) is 41.7 Å². The second kappa shape index (κ2) is 10.0. The lowest BCUT2D eigenvalue weighted by atomic mass is 9.91. The number of benzene rings is 1. The Kier molecular flexibility index (Phi) is 8.00. The molecule has 3 N–H and O–H groups in total. The zero-order chi connectivity index (χ0) is 19.4. The van der Waals surface area contributed by atoms with Gasteiger partial charge in [-0.05, 0) is 50.7 Å². The number of hydrogen-bond donors (Lipinski definition) is 2. The normalized spacial score (nSPS) is 24.6. The van der Waals surface area contributed by atoms with Crippen LogP contribution >= 0.6 is 12.4 Å². The second-order valence-electron chi connectivity index (χ2n) is 7.15. The Labute approximate surface area is 169 Å². The first-order chi connectivity index (χ1) is 13.0. The molecule has 1 unspecified atom stereocenters. The van der Waals surface area contributed by atoms with Crippen molar-refractivity contribution in [3.8, 4) is 5.75 Å². The number of nitrogens with one attached hydrogen (secondary N) is 1. The Hall–Kier alpha value is -1.93. The molecule has 1 aromatic carbocycles. The fourth-order valence-corrected chi connectivity index (χ4v) is 3.84. The molecule has 0 bridgehead atoms. The smallest absolute Gasteiger partial charge is 0.387 e. The van der Waals surface area contributed by atoms with E-state index in [1.54, 1.807) is 6.07 Å². The minimum atomic E-state index is -3.02. The van der Waals surface area contributed by atoms with Gasteiger partial charge in [0.2, 0.25) is 5.91 Å². The third-order valence-corrected chi connectivity index (χ3v) is 5.27. The van der Waals surface area contributed by atoms with Crippen molar-refractivity contribution >= 4 is 24.2 Å². The van der Waals surface area contributed by atoms with Crippen LogP contribution in [0.25, 0.3) is 0 Å². The van der Waals surface area contributed by atoms with Gasteiger partial charge in [0.05, 0.1) is 5.56 Å². The third-order valence-electron chi connectivity index (χ3n) is 5.27. The van der Waals surface area contributed by atoms with E-state index in [1.165, 1.54) is 23.1 Å². The quantitative estimate of drug-likeness (QED) is 0.771. The van der Waals surface area contributed by atoms with E-state index < -0.39 is 18.6 Å². The maximum atomic E-state index is 12.9. The molecule has 9 heteroatoms. The summed E-state index contributed by atoms with van der Waals surface area (Å²) < 4.78 is 29.7. The van der Waals surface area contributed by atoms with Crippen LogP contribution in [-0.2, 0) is 4.79 Å². The highest BCUT2D eigenvalue weighted by Crippen LogP contribution is 2.27. The number of hydrogen-bond acceptors (Lipinski definition) is 4. The van der Waals surface area contributed by atoms with Crippen molar-refractivity contribution < 1.29 is 23.1 Å². The van der Waals surface area contributed by atoms with Gasteiger partial charge in [0.1, 0.15) is 11.8 Å². The molecule has 2 fully saturated rings. The molecule has 6 nitrogen and oxygen atoms in total.